The monoisotopic (exact) mass is 438 g/mol. The summed E-state index contributed by atoms with van der Waals surface area (Å²) in [5, 5.41) is 0. The third kappa shape index (κ3) is 3.62. The highest BCUT2D eigenvalue weighted by atomic mass is 79.9. The molecule has 1 aliphatic heterocycles. The number of ether oxygens (including phenoxy) is 1. The summed E-state index contributed by atoms with van der Waals surface area (Å²) in [6.45, 7) is 1.18. The molecule has 0 bridgehead atoms. The van der Waals surface area contributed by atoms with Gasteiger partial charge in [0.15, 0.2) is 0 Å². The second kappa shape index (κ2) is 7.77. The molecule has 0 saturated carbocycles. The molecule has 2 aromatic rings. The van der Waals surface area contributed by atoms with Crippen molar-refractivity contribution in [2.24, 2.45) is 0 Å². The van der Waals surface area contributed by atoms with Crippen LogP contribution in [0.15, 0.2) is 57.9 Å². The molecule has 2 aromatic carbocycles. The molecule has 1 saturated heterocycles. The van der Waals surface area contributed by atoms with Crippen LogP contribution in [0.25, 0.3) is 0 Å². The molecule has 1 heterocycles. The van der Waals surface area contributed by atoms with Crippen LogP contribution in [-0.2, 0) is 10.0 Å². The minimum absolute atomic E-state index is 0.152. The van der Waals surface area contributed by atoms with Crippen LogP contribution in [0.3, 0.4) is 0 Å². The minimum atomic E-state index is -3.60. The first-order chi connectivity index (χ1) is 12.4. The van der Waals surface area contributed by atoms with Crippen LogP contribution in [0.1, 0.15) is 10.4 Å². The molecule has 0 spiro atoms. The fourth-order valence-corrected chi connectivity index (χ4v) is 5.30. The third-order valence-electron chi connectivity index (χ3n) is 4.32. The Hall–Kier alpha value is -1.90. The molecular formula is C18H19BrN2O4S. The van der Waals surface area contributed by atoms with Crippen molar-refractivity contribution in [1.29, 1.82) is 0 Å². The highest BCUT2D eigenvalue weighted by Gasteiger charge is 2.32. The van der Waals surface area contributed by atoms with Crippen molar-refractivity contribution < 1.29 is 17.9 Å². The first-order valence-electron chi connectivity index (χ1n) is 8.12. The van der Waals surface area contributed by atoms with Gasteiger partial charge in [-0.25, -0.2) is 8.42 Å². The number of halogens is 1. The molecular weight excluding hydrogens is 420 g/mol. The number of methoxy groups -OCH3 is 1. The van der Waals surface area contributed by atoms with E-state index >= 15 is 0 Å². The Labute approximate surface area is 161 Å². The lowest BCUT2D eigenvalue weighted by Gasteiger charge is -2.34. The second-order valence-electron chi connectivity index (χ2n) is 5.83. The zero-order valence-corrected chi connectivity index (χ0v) is 16.7. The number of rotatable bonds is 4. The average Bonchev–Trinajstić information content (AvgIpc) is 2.67. The van der Waals surface area contributed by atoms with E-state index in [0.29, 0.717) is 28.9 Å². The maximum Gasteiger partial charge on any atom is 0.257 e. The fourth-order valence-electron chi connectivity index (χ4n) is 2.92. The number of amides is 1. The van der Waals surface area contributed by atoms with Gasteiger partial charge in [0.2, 0.25) is 10.0 Å². The van der Waals surface area contributed by atoms with Crippen LogP contribution in [0, 0.1) is 0 Å². The van der Waals surface area contributed by atoms with Gasteiger partial charge in [0.25, 0.3) is 5.91 Å². The quantitative estimate of drug-likeness (QED) is 0.735. The van der Waals surface area contributed by atoms with Crippen molar-refractivity contribution in [3.05, 3.63) is 58.6 Å². The van der Waals surface area contributed by atoms with E-state index in [-0.39, 0.29) is 23.9 Å². The summed E-state index contributed by atoms with van der Waals surface area (Å²) in [6, 6.07) is 13.8. The van der Waals surface area contributed by atoms with Gasteiger partial charge in [-0.3, -0.25) is 4.79 Å². The maximum atomic E-state index is 12.8. The van der Waals surface area contributed by atoms with Crippen LogP contribution in [0.4, 0.5) is 0 Å². The molecule has 3 rings (SSSR count). The summed E-state index contributed by atoms with van der Waals surface area (Å²) in [7, 11) is -2.07. The number of hydrogen-bond donors (Lipinski definition) is 0. The molecule has 1 fully saturated rings. The fraction of sp³-hybridized carbons (Fsp3) is 0.278. The Morgan fingerprint density at radius 2 is 1.62 bits per heavy atom. The SMILES string of the molecule is COc1ccccc1C(=O)N1CCN(S(=O)(=O)c2ccccc2Br)CC1. The van der Waals surface area contributed by atoms with Gasteiger partial charge < -0.3 is 9.64 Å². The first kappa shape index (κ1) is 18.9. The van der Waals surface area contributed by atoms with E-state index in [4.69, 9.17) is 4.74 Å². The Balaban J connectivity index is 1.73. The lowest BCUT2D eigenvalue weighted by atomic mass is 10.1. The van der Waals surface area contributed by atoms with Crippen LogP contribution in [-0.4, -0.2) is 56.8 Å². The molecule has 0 aliphatic carbocycles. The van der Waals surface area contributed by atoms with E-state index in [1.165, 1.54) is 11.4 Å². The van der Waals surface area contributed by atoms with Crippen molar-refractivity contribution in [2.45, 2.75) is 4.90 Å². The van der Waals surface area contributed by atoms with E-state index in [2.05, 4.69) is 15.9 Å². The average molecular weight is 439 g/mol. The molecule has 138 valence electrons. The van der Waals surface area contributed by atoms with Gasteiger partial charge in [-0.2, -0.15) is 4.31 Å². The third-order valence-corrected chi connectivity index (χ3v) is 7.23. The van der Waals surface area contributed by atoms with Gasteiger partial charge in [0, 0.05) is 30.7 Å². The molecule has 0 N–H and O–H groups in total. The molecule has 0 unspecified atom stereocenters. The minimum Gasteiger partial charge on any atom is -0.496 e. The number of sulfonamides is 1. The molecule has 0 aromatic heterocycles. The number of para-hydroxylation sites is 1. The number of hydrogen-bond acceptors (Lipinski definition) is 4. The normalized spacial score (nSPS) is 15.7. The van der Waals surface area contributed by atoms with Gasteiger partial charge in [0.05, 0.1) is 17.6 Å². The highest BCUT2D eigenvalue weighted by molar-refractivity contribution is 9.10. The number of benzene rings is 2. The molecule has 26 heavy (non-hydrogen) atoms. The van der Waals surface area contributed by atoms with E-state index in [9.17, 15) is 13.2 Å². The first-order valence-corrected chi connectivity index (χ1v) is 10.4. The number of nitrogens with zero attached hydrogens (tertiary/aromatic N) is 2. The zero-order valence-electron chi connectivity index (χ0n) is 14.3. The van der Waals surface area contributed by atoms with Gasteiger partial charge in [-0.15, -0.1) is 0 Å². The molecule has 1 amide bonds. The summed E-state index contributed by atoms with van der Waals surface area (Å²) >= 11 is 3.30. The molecule has 6 nitrogen and oxygen atoms in total. The maximum absolute atomic E-state index is 12.8. The van der Waals surface area contributed by atoms with Gasteiger partial charge in [0.1, 0.15) is 5.75 Å². The van der Waals surface area contributed by atoms with Crippen molar-refractivity contribution >= 4 is 31.9 Å². The van der Waals surface area contributed by atoms with Crippen LogP contribution >= 0.6 is 15.9 Å². The van der Waals surface area contributed by atoms with Crippen molar-refractivity contribution in [1.82, 2.24) is 9.21 Å². The summed E-state index contributed by atoms with van der Waals surface area (Å²) in [5.41, 5.74) is 0.483. The van der Waals surface area contributed by atoms with Gasteiger partial charge in [-0.05, 0) is 40.2 Å². The topological polar surface area (TPSA) is 66.9 Å². The molecule has 1 aliphatic rings. The molecule has 0 atom stereocenters. The summed E-state index contributed by atoms with van der Waals surface area (Å²) in [6.07, 6.45) is 0. The standard InChI is InChI=1S/C18H19BrN2O4S/c1-25-16-8-4-2-6-14(16)18(22)20-10-12-21(13-11-20)26(23,24)17-9-5-3-7-15(17)19/h2-9H,10-13H2,1H3. The summed E-state index contributed by atoms with van der Waals surface area (Å²) in [5.74, 6) is 0.362. The number of piperazine rings is 1. The molecule has 8 heteroatoms. The van der Waals surface area contributed by atoms with Gasteiger partial charge >= 0.3 is 0 Å². The van der Waals surface area contributed by atoms with Crippen molar-refractivity contribution in [3.63, 3.8) is 0 Å². The smallest absolute Gasteiger partial charge is 0.257 e. The van der Waals surface area contributed by atoms with E-state index in [0.717, 1.165) is 0 Å². The predicted octanol–water partition coefficient (Wildman–Crippen LogP) is 2.60. The summed E-state index contributed by atoms with van der Waals surface area (Å²) < 4.78 is 32.9. The van der Waals surface area contributed by atoms with Crippen LogP contribution in [0.2, 0.25) is 0 Å². The predicted molar refractivity (Wildman–Crippen MR) is 102 cm³/mol. The lowest BCUT2D eigenvalue weighted by Crippen LogP contribution is -2.50. The van der Waals surface area contributed by atoms with Crippen LogP contribution in [0.5, 0.6) is 5.75 Å². The summed E-state index contributed by atoms with van der Waals surface area (Å²) in [4.78, 5) is 14.6. The largest absolute Gasteiger partial charge is 0.496 e. The van der Waals surface area contributed by atoms with Crippen LogP contribution < -0.4 is 4.74 Å². The van der Waals surface area contributed by atoms with Crippen molar-refractivity contribution in [2.75, 3.05) is 33.3 Å². The second-order valence-corrected chi connectivity index (χ2v) is 8.59. The van der Waals surface area contributed by atoms with Gasteiger partial charge in [-0.1, -0.05) is 24.3 Å². The zero-order chi connectivity index (χ0) is 18.7. The Bertz CT molecular complexity index is 909. The van der Waals surface area contributed by atoms with E-state index in [1.807, 2.05) is 0 Å². The molecule has 0 radical (unpaired) electrons. The van der Waals surface area contributed by atoms with Crippen molar-refractivity contribution in [3.8, 4) is 5.75 Å². The highest BCUT2D eigenvalue weighted by Crippen LogP contribution is 2.26. The Kier molecular flexibility index (Phi) is 5.64. The van der Waals surface area contributed by atoms with E-state index < -0.39 is 10.0 Å². The lowest BCUT2D eigenvalue weighted by molar-refractivity contribution is 0.0694. The number of carbonyl (C=O) groups excluding carboxylic acids is 1. The Morgan fingerprint density at radius 3 is 2.27 bits per heavy atom. The van der Waals surface area contributed by atoms with E-state index in [1.54, 1.807) is 53.4 Å². The Morgan fingerprint density at radius 1 is 1.00 bits per heavy atom. The number of carbonyl (C=O) groups is 1.